The van der Waals surface area contributed by atoms with Crippen molar-refractivity contribution in [1.82, 2.24) is 0 Å². The van der Waals surface area contributed by atoms with Gasteiger partial charge in [-0.05, 0) is 37.5 Å². The molecule has 0 fully saturated rings. The van der Waals surface area contributed by atoms with Crippen LogP contribution in [0.3, 0.4) is 0 Å². The van der Waals surface area contributed by atoms with Crippen LogP contribution in [0.2, 0.25) is 0 Å². The van der Waals surface area contributed by atoms with Crippen LogP contribution in [0.5, 0.6) is 5.75 Å². The van der Waals surface area contributed by atoms with E-state index in [0.717, 1.165) is 17.7 Å². The summed E-state index contributed by atoms with van der Waals surface area (Å²) in [5.74, 6) is 0.878. The number of rotatable bonds is 3. The molecule has 0 radical (unpaired) electrons. The monoisotopic (exact) mass is 282 g/mol. The van der Waals surface area contributed by atoms with Gasteiger partial charge < -0.3 is 9.84 Å². The molecule has 0 saturated carbocycles. The standard InChI is InChI=1S/C19H22O2/c1-13-7-4-5-8-14(13)11-17(20)16-10-6-9-15-12-19(2,3)21-18(15)16/h4-10,17,20H,11-12H2,1-3H3. The third-order valence-electron chi connectivity index (χ3n) is 4.16. The Morgan fingerprint density at radius 3 is 2.67 bits per heavy atom. The lowest BCUT2D eigenvalue weighted by atomic mass is 9.95. The summed E-state index contributed by atoms with van der Waals surface area (Å²) in [7, 11) is 0. The number of ether oxygens (including phenoxy) is 1. The van der Waals surface area contributed by atoms with Crippen LogP contribution in [0, 0.1) is 6.92 Å². The quantitative estimate of drug-likeness (QED) is 0.922. The molecule has 1 aliphatic rings. The van der Waals surface area contributed by atoms with Crippen molar-refractivity contribution in [3.05, 3.63) is 64.7 Å². The minimum absolute atomic E-state index is 0.180. The highest BCUT2D eigenvalue weighted by molar-refractivity contribution is 5.47. The lowest BCUT2D eigenvalue weighted by molar-refractivity contribution is 0.126. The second-order valence-corrected chi connectivity index (χ2v) is 6.52. The maximum absolute atomic E-state index is 10.7. The molecule has 0 bridgehead atoms. The molecule has 1 unspecified atom stereocenters. The number of hydrogen-bond donors (Lipinski definition) is 1. The predicted molar refractivity (Wildman–Crippen MR) is 84.7 cm³/mol. The predicted octanol–water partition coefficient (Wildman–Crippen LogP) is 3.98. The lowest BCUT2D eigenvalue weighted by Crippen LogP contribution is -2.25. The third kappa shape index (κ3) is 2.81. The number of fused-ring (bicyclic) bond motifs is 1. The van der Waals surface area contributed by atoms with Gasteiger partial charge in [0.25, 0.3) is 0 Å². The van der Waals surface area contributed by atoms with Crippen LogP contribution in [-0.4, -0.2) is 10.7 Å². The highest BCUT2D eigenvalue weighted by Crippen LogP contribution is 2.40. The molecule has 110 valence electrons. The Morgan fingerprint density at radius 2 is 1.90 bits per heavy atom. The summed E-state index contributed by atoms with van der Waals surface area (Å²) in [6.45, 7) is 6.26. The van der Waals surface area contributed by atoms with E-state index in [9.17, 15) is 5.11 Å². The van der Waals surface area contributed by atoms with Crippen molar-refractivity contribution >= 4 is 0 Å². The fourth-order valence-corrected chi connectivity index (χ4v) is 3.06. The molecule has 21 heavy (non-hydrogen) atoms. The Morgan fingerprint density at radius 1 is 1.14 bits per heavy atom. The zero-order valence-corrected chi connectivity index (χ0v) is 12.9. The van der Waals surface area contributed by atoms with Gasteiger partial charge in [0, 0.05) is 18.4 Å². The van der Waals surface area contributed by atoms with Crippen molar-refractivity contribution in [1.29, 1.82) is 0 Å². The van der Waals surface area contributed by atoms with Gasteiger partial charge in [-0.2, -0.15) is 0 Å². The van der Waals surface area contributed by atoms with Crippen molar-refractivity contribution in [2.75, 3.05) is 0 Å². The average Bonchev–Trinajstić information content (AvgIpc) is 2.74. The van der Waals surface area contributed by atoms with Crippen LogP contribution < -0.4 is 4.74 Å². The molecule has 2 nitrogen and oxygen atoms in total. The van der Waals surface area contributed by atoms with Gasteiger partial charge >= 0.3 is 0 Å². The molecule has 1 N–H and O–H groups in total. The van der Waals surface area contributed by atoms with E-state index >= 15 is 0 Å². The first-order valence-electron chi connectivity index (χ1n) is 7.50. The zero-order chi connectivity index (χ0) is 15.0. The molecule has 0 amide bonds. The summed E-state index contributed by atoms with van der Waals surface area (Å²) in [6.07, 6.45) is 0.982. The normalized spacial score (nSPS) is 17.1. The van der Waals surface area contributed by atoms with Crippen molar-refractivity contribution in [3.63, 3.8) is 0 Å². The smallest absolute Gasteiger partial charge is 0.129 e. The average molecular weight is 282 g/mol. The number of aliphatic hydroxyl groups excluding tert-OH is 1. The van der Waals surface area contributed by atoms with Crippen LogP contribution >= 0.6 is 0 Å². The molecule has 2 aromatic rings. The number of aryl methyl sites for hydroxylation is 1. The second kappa shape index (κ2) is 5.19. The number of aliphatic hydroxyl groups is 1. The van der Waals surface area contributed by atoms with Crippen molar-refractivity contribution in [2.24, 2.45) is 0 Å². The number of benzene rings is 2. The summed E-state index contributed by atoms with van der Waals surface area (Å²) >= 11 is 0. The summed E-state index contributed by atoms with van der Waals surface area (Å²) in [6, 6.07) is 14.3. The minimum Gasteiger partial charge on any atom is -0.487 e. The summed E-state index contributed by atoms with van der Waals surface area (Å²) < 4.78 is 6.05. The van der Waals surface area contributed by atoms with Gasteiger partial charge in [-0.15, -0.1) is 0 Å². The second-order valence-electron chi connectivity index (χ2n) is 6.52. The Kier molecular flexibility index (Phi) is 3.50. The topological polar surface area (TPSA) is 29.5 Å². The number of para-hydroxylation sites is 1. The van der Waals surface area contributed by atoms with Gasteiger partial charge in [0.15, 0.2) is 0 Å². The van der Waals surface area contributed by atoms with Crippen LogP contribution in [0.1, 0.15) is 42.2 Å². The third-order valence-corrected chi connectivity index (χ3v) is 4.16. The first-order chi connectivity index (χ1) is 9.96. The molecule has 0 spiro atoms. The largest absolute Gasteiger partial charge is 0.487 e. The molecule has 0 saturated heterocycles. The van der Waals surface area contributed by atoms with Gasteiger partial charge in [0.1, 0.15) is 11.4 Å². The van der Waals surface area contributed by atoms with Gasteiger partial charge in [0.2, 0.25) is 0 Å². The first kappa shape index (κ1) is 14.2. The van der Waals surface area contributed by atoms with Crippen LogP contribution in [0.15, 0.2) is 42.5 Å². The van der Waals surface area contributed by atoms with Crippen LogP contribution in [0.25, 0.3) is 0 Å². The maximum atomic E-state index is 10.7. The molecule has 1 aliphatic heterocycles. The SMILES string of the molecule is Cc1ccccc1CC(O)c1cccc2c1OC(C)(C)C2. The zero-order valence-electron chi connectivity index (χ0n) is 12.9. The molecular formula is C19H22O2. The Hall–Kier alpha value is -1.80. The van der Waals surface area contributed by atoms with Gasteiger partial charge in [-0.3, -0.25) is 0 Å². The van der Waals surface area contributed by atoms with Crippen LogP contribution in [0.4, 0.5) is 0 Å². The van der Waals surface area contributed by atoms with E-state index in [1.807, 2.05) is 24.3 Å². The summed E-state index contributed by atoms with van der Waals surface area (Å²) in [5, 5.41) is 10.7. The molecule has 1 heterocycles. The summed E-state index contributed by atoms with van der Waals surface area (Å²) in [4.78, 5) is 0. The van der Waals surface area contributed by atoms with E-state index in [4.69, 9.17) is 4.74 Å². The van der Waals surface area contributed by atoms with E-state index in [1.54, 1.807) is 0 Å². The van der Waals surface area contributed by atoms with Gasteiger partial charge in [-0.1, -0.05) is 42.5 Å². The van der Waals surface area contributed by atoms with E-state index in [-0.39, 0.29) is 5.60 Å². The highest BCUT2D eigenvalue weighted by Gasteiger charge is 2.32. The molecule has 0 aromatic heterocycles. The minimum atomic E-state index is -0.532. The molecule has 1 atom stereocenters. The fraction of sp³-hybridized carbons (Fsp3) is 0.368. The van der Waals surface area contributed by atoms with Gasteiger partial charge in [-0.25, -0.2) is 0 Å². The lowest BCUT2D eigenvalue weighted by Gasteiger charge is -2.20. The van der Waals surface area contributed by atoms with E-state index in [0.29, 0.717) is 6.42 Å². The van der Waals surface area contributed by atoms with Crippen molar-refractivity contribution < 1.29 is 9.84 Å². The van der Waals surface area contributed by atoms with E-state index in [1.165, 1.54) is 16.7 Å². The van der Waals surface area contributed by atoms with Crippen LogP contribution in [-0.2, 0) is 12.8 Å². The maximum Gasteiger partial charge on any atom is 0.129 e. The molecule has 2 aromatic carbocycles. The molecule has 2 heteroatoms. The summed E-state index contributed by atoms with van der Waals surface area (Å²) in [5.41, 5.74) is 4.31. The Bertz CT molecular complexity index is 658. The Labute approximate surface area is 126 Å². The fourth-order valence-electron chi connectivity index (χ4n) is 3.06. The van der Waals surface area contributed by atoms with Gasteiger partial charge in [0.05, 0.1) is 6.10 Å². The van der Waals surface area contributed by atoms with E-state index in [2.05, 4.69) is 39.0 Å². The highest BCUT2D eigenvalue weighted by atomic mass is 16.5. The molecule has 3 rings (SSSR count). The number of hydrogen-bond acceptors (Lipinski definition) is 2. The Balaban J connectivity index is 1.89. The van der Waals surface area contributed by atoms with Crippen molar-refractivity contribution in [2.45, 2.75) is 45.3 Å². The molecular weight excluding hydrogens is 260 g/mol. The van der Waals surface area contributed by atoms with E-state index < -0.39 is 6.10 Å². The first-order valence-corrected chi connectivity index (χ1v) is 7.50. The van der Waals surface area contributed by atoms with Crippen molar-refractivity contribution in [3.8, 4) is 5.75 Å². The molecule has 0 aliphatic carbocycles.